The van der Waals surface area contributed by atoms with Crippen LogP contribution in [-0.4, -0.2) is 5.16 Å². The predicted octanol–water partition coefficient (Wildman–Crippen LogP) is 3.40. The summed E-state index contributed by atoms with van der Waals surface area (Å²) in [5.74, 6) is -0.789. The zero-order chi connectivity index (χ0) is 13.3. The standard InChI is InChI=1S/C13H14F2N2O/c1-7(2)5-10-12(17-18-13(10)16)9-4-3-8(14)6-11(9)15/h3-4,6-7H,5,16H2,1-2H3. The Morgan fingerprint density at radius 1 is 1.33 bits per heavy atom. The van der Waals surface area contributed by atoms with Crippen molar-refractivity contribution in [2.45, 2.75) is 20.3 Å². The molecule has 18 heavy (non-hydrogen) atoms. The SMILES string of the molecule is CC(C)Cc1c(-c2ccc(F)cc2F)noc1N. The first-order chi connectivity index (χ1) is 8.49. The number of nitrogens with two attached hydrogens (primary N) is 1. The van der Waals surface area contributed by atoms with Crippen LogP contribution in [0.3, 0.4) is 0 Å². The van der Waals surface area contributed by atoms with Crippen LogP contribution in [0, 0.1) is 17.6 Å². The van der Waals surface area contributed by atoms with Gasteiger partial charge >= 0.3 is 0 Å². The van der Waals surface area contributed by atoms with Crippen LogP contribution in [-0.2, 0) is 6.42 Å². The number of anilines is 1. The van der Waals surface area contributed by atoms with Crippen LogP contribution in [0.25, 0.3) is 11.3 Å². The summed E-state index contributed by atoms with van der Waals surface area (Å²) >= 11 is 0. The van der Waals surface area contributed by atoms with Gasteiger partial charge in [-0.2, -0.15) is 0 Å². The van der Waals surface area contributed by atoms with Gasteiger partial charge in [0, 0.05) is 17.2 Å². The van der Waals surface area contributed by atoms with E-state index in [4.69, 9.17) is 10.3 Å². The van der Waals surface area contributed by atoms with Gasteiger partial charge < -0.3 is 10.3 Å². The second kappa shape index (κ2) is 4.76. The minimum Gasteiger partial charge on any atom is -0.367 e. The van der Waals surface area contributed by atoms with E-state index in [1.54, 1.807) is 0 Å². The number of nitrogens with zero attached hydrogens (tertiary/aromatic N) is 1. The van der Waals surface area contributed by atoms with Crippen molar-refractivity contribution < 1.29 is 13.3 Å². The van der Waals surface area contributed by atoms with Crippen molar-refractivity contribution in [2.24, 2.45) is 5.92 Å². The zero-order valence-corrected chi connectivity index (χ0v) is 10.2. The van der Waals surface area contributed by atoms with Gasteiger partial charge in [-0.25, -0.2) is 8.78 Å². The van der Waals surface area contributed by atoms with Crippen molar-refractivity contribution in [3.8, 4) is 11.3 Å². The maximum absolute atomic E-state index is 13.7. The molecule has 0 saturated heterocycles. The first-order valence-corrected chi connectivity index (χ1v) is 5.68. The average molecular weight is 252 g/mol. The van der Waals surface area contributed by atoms with E-state index < -0.39 is 11.6 Å². The highest BCUT2D eigenvalue weighted by Gasteiger charge is 2.19. The largest absolute Gasteiger partial charge is 0.367 e. The third-order valence-electron chi connectivity index (χ3n) is 2.62. The molecular weight excluding hydrogens is 238 g/mol. The second-order valence-electron chi connectivity index (χ2n) is 4.60. The van der Waals surface area contributed by atoms with Crippen molar-refractivity contribution >= 4 is 5.88 Å². The zero-order valence-electron chi connectivity index (χ0n) is 10.2. The Balaban J connectivity index is 2.50. The molecular formula is C13H14F2N2O. The summed E-state index contributed by atoms with van der Waals surface area (Å²) < 4.78 is 31.5. The van der Waals surface area contributed by atoms with Crippen LogP contribution in [0.2, 0.25) is 0 Å². The number of nitrogen functional groups attached to an aromatic ring is 1. The molecule has 3 nitrogen and oxygen atoms in total. The molecule has 1 aromatic heterocycles. The van der Waals surface area contributed by atoms with E-state index in [9.17, 15) is 8.78 Å². The Morgan fingerprint density at radius 2 is 2.06 bits per heavy atom. The minimum absolute atomic E-state index is 0.183. The molecule has 2 N–H and O–H groups in total. The molecule has 96 valence electrons. The monoisotopic (exact) mass is 252 g/mol. The number of benzene rings is 1. The van der Waals surface area contributed by atoms with Crippen LogP contribution < -0.4 is 5.73 Å². The van der Waals surface area contributed by atoms with Gasteiger partial charge in [-0.05, 0) is 24.5 Å². The van der Waals surface area contributed by atoms with Crippen LogP contribution >= 0.6 is 0 Å². The molecule has 0 aliphatic heterocycles. The predicted molar refractivity (Wildman–Crippen MR) is 64.8 cm³/mol. The second-order valence-corrected chi connectivity index (χ2v) is 4.60. The number of halogens is 2. The van der Waals surface area contributed by atoms with Gasteiger partial charge in [-0.1, -0.05) is 19.0 Å². The molecule has 0 unspecified atom stereocenters. The molecule has 1 aromatic carbocycles. The van der Waals surface area contributed by atoms with Crippen molar-refractivity contribution in [3.05, 3.63) is 35.4 Å². The smallest absolute Gasteiger partial charge is 0.225 e. The summed E-state index contributed by atoms with van der Waals surface area (Å²) in [6, 6.07) is 3.34. The third-order valence-corrected chi connectivity index (χ3v) is 2.62. The molecule has 1 heterocycles. The minimum atomic E-state index is -0.673. The quantitative estimate of drug-likeness (QED) is 0.910. The molecule has 2 aromatic rings. The first kappa shape index (κ1) is 12.5. The Kier molecular flexibility index (Phi) is 3.32. The Bertz CT molecular complexity index is 564. The normalized spacial score (nSPS) is 11.2. The fraction of sp³-hybridized carbons (Fsp3) is 0.308. The highest BCUT2D eigenvalue weighted by molar-refractivity contribution is 5.67. The summed E-state index contributed by atoms with van der Waals surface area (Å²) in [6.07, 6.45) is 0.626. The molecule has 0 amide bonds. The topological polar surface area (TPSA) is 52.0 Å². The van der Waals surface area contributed by atoms with Gasteiger partial charge in [0.2, 0.25) is 5.88 Å². The van der Waals surface area contributed by atoms with E-state index >= 15 is 0 Å². The maximum atomic E-state index is 13.7. The van der Waals surface area contributed by atoms with E-state index in [1.165, 1.54) is 12.1 Å². The molecule has 5 heteroatoms. The summed E-state index contributed by atoms with van der Waals surface area (Å²) in [7, 11) is 0. The fourth-order valence-electron chi connectivity index (χ4n) is 1.82. The molecule has 0 fully saturated rings. The Morgan fingerprint density at radius 3 is 2.67 bits per heavy atom. The lowest BCUT2D eigenvalue weighted by Gasteiger charge is -2.06. The van der Waals surface area contributed by atoms with Crippen LogP contribution in [0.1, 0.15) is 19.4 Å². The van der Waals surface area contributed by atoms with Gasteiger partial charge in [0.1, 0.15) is 17.3 Å². The van der Waals surface area contributed by atoms with Gasteiger partial charge in [0.15, 0.2) is 0 Å². The number of aromatic nitrogens is 1. The number of hydrogen-bond acceptors (Lipinski definition) is 3. The van der Waals surface area contributed by atoms with Gasteiger partial charge in [0.25, 0.3) is 0 Å². The highest BCUT2D eigenvalue weighted by Crippen LogP contribution is 2.31. The molecule has 0 bridgehead atoms. The van der Waals surface area contributed by atoms with Crippen molar-refractivity contribution in [2.75, 3.05) is 5.73 Å². The van der Waals surface area contributed by atoms with E-state index in [-0.39, 0.29) is 11.4 Å². The summed E-state index contributed by atoms with van der Waals surface area (Å²) in [5.41, 5.74) is 6.89. The van der Waals surface area contributed by atoms with Gasteiger partial charge in [0.05, 0.1) is 0 Å². The third kappa shape index (κ3) is 2.34. The lowest BCUT2D eigenvalue weighted by molar-refractivity contribution is 0.437. The molecule has 0 radical (unpaired) electrons. The molecule has 0 aliphatic rings. The Hall–Kier alpha value is -1.91. The van der Waals surface area contributed by atoms with E-state index in [0.717, 1.165) is 6.07 Å². The molecule has 2 rings (SSSR count). The molecule has 0 atom stereocenters. The average Bonchev–Trinajstić information content (AvgIpc) is 2.60. The summed E-state index contributed by atoms with van der Waals surface area (Å²) in [4.78, 5) is 0. The lowest BCUT2D eigenvalue weighted by Crippen LogP contribution is -1.99. The molecule has 0 spiro atoms. The lowest BCUT2D eigenvalue weighted by atomic mass is 9.99. The van der Waals surface area contributed by atoms with Crippen molar-refractivity contribution in [3.63, 3.8) is 0 Å². The van der Waals surface area contributed by atoms with Crippen LogP contribution in [0.5, 0.6) is 0 Å². The first-order valence-electron chi connectivity index (χ1n) is 5.68. The molecule has 0 aliphatic carbocycles. The van der Waals surface area contributed by atoms with Crippen LogP contribution in [0.4, 0.5) is 14.7 Å². The van der Waals surface area contributed by atoms with Gasteiger partial charge in [-0.3, -0.25) is 0 Å². The van der Waals surface area contributed by atoms with E-state index in [1.807, 2.05) is 13.8 Å². The van der Waals surface area contributed by atoms with E-state index in [0.29, 0.717) is 23.6 Å². The summed E-state index contributed by atoms with van der Waals surface area (Å²) in [5, 5.41) is 3.77. The molecule has 0 saturated carbocycles. The number of rotatable bonds is 3. The van der Waals surface area contributed by atoms with Gasteiger partial charge in [-0.15, -0.1) is 0 Å². The van der Waals surface area contributed by atoms with Crippen molar-refractivity contribution in [1.82, 2.24) is 5.16 Å². The fourth-order valence-corrected chi connectivity index (χ4v) is 1.82. The highest BCUT2D eigenvalue weighted by atomic mass is 19.1. The van der Waals surface area contributed by atoms with Crippen LogP contribution in [0.15, 0.2) is 22.7 Å². The summed E-state index contributed by atoms with van der Waals surface area (Å²) in [6.45, 7) is 4.02. The van der Waals surface area contributed by atoms with Crippen molar-refractivity contribution in [1.29, 1.82) is 0 Å². The maximum Gasteiger partial charge on any atom is 0.225 e. The Labute approximate surface area is 104 Å². The van der Waals surface area contributed by atoms with E-state index in [2.05, 4.69) is 5.16 Å². The number of hydrogen-bond donors (Lipinski definition) is 1.